The molecule has 0 aromatic heterocycles. The van der Waals surface area contributed by atoms with Crippen molar-refractivity contribution in [2.24, 2.45) is 0 Å². The summed E-state index contributed by atoms with van der Waals surface area (Å²) in [5, 5.41) is 20.5. The first kappa shape index (κ1) is 24.1. The summed E-state index contributed by atoms with van der Waals surface area (Å²) in [6, 6.07) is 2.31. The van der Waals surface area contributed by atoms with Gasteiger partial charge in [0.1, 0.15) is 5.56 Å². The van der Waals surface area contributed by atoms with Crippen molar-refractivity contribution < 1.29 is 29.1 Å². The molecule has 1 atom stereocenters. The fraction of sp³-hybridized carbons (Fsp3) is 0.579. The molecule has 11 heteroatoms. The molecule has 0 saturated carbocycles. The Morgan fingerprint density at radius 1 is 1.30 bits per heavy atom. The van der Waals surface area contributed by atoms with Crippen LogP contribution in [-0.4, -0.2) is 69.2 Å². The van der Waals surface area contributed by atoms with E-state index in [1.165, 1.54) is 13.2 Å². The summed E-state index contributed by atoms with van der Waals surface area (Å²) in [6.07, 6.45) is 1.69. The Bertz CT molecular complexity index is 784. The number of carbonyl (C=O) groups excluding carboxylic acids is 1. The van der Waals surface area contributed by atoms with E-state index in [2.05, 4.69) is 13.8 Å². The lowest BCUT2D eigenvalue weighted by Crippen LogP contribution is -2.41. The standard InChI is InChI=1S/C19H26N2O7S2/c1-4-29-19(30-5-2)13-7-6-8-20(13)18(24)12-9-15(27-3)16(28-11-17(22)23)10-14(12)21(25)26/h9-10,13,19H,4-8,11H2,1-3H3,(H,22,23)/t13-/m0/s1. The van der Waals surface area contributed by atoms with Crippen molar-refractivity contribution in [2.45, 2.75) is 37.3 Å². The van der Waals surface area contributed by atoms with E-state index >= 15 is 0 Å². The van der Waals surface area contributed by atoms with Gasteiger partial charge in [0, 0.05) is 12.6 Å². The molecule has 1 fully saturated rings. The van der Waals surface area contributed by atoms with Crippen LogP contribution in [0.4, 0.5) is 5.69 Å². The van der Waals surface area contributed by atoms with Crippen LogP contribution in [0.1, 0.15) is 37.0 Å². The van der Waals surface area contributed by atoms with E-state index in [4.69, 9.17) is 14.6 Å². The molecule has 2 rings (SSSR count). The molecule has 0 aliphatic carbocycles. The zero-order valence-electron chi connectivity index (χ0n) is 17.2. The minimum Gasteiger partial charge on any atom is -0.493 e. The predicted octanol–water partition coefficient (Wildman–Crippen LogP) is 3.50. The van der Waals surface area contributed by atoms with Crippen LogP contribution in [0.3, 0.4) is 0 Å². The topological polar surface area (TPSA) is 119 Å². The van der Waals surface area contributed by atoms with E-state index in [9.17, 15) is 19.7 Å². The van der Waals surface area contributed by atoms with E-state index in [1.807, 2.05) is 0 Å². The SMILES string of the molecule is CCSC(SCC)[C@@H]1CCCN1C(=O)c1cc(OC)c(OCC(=O)O)cc1[N+](=O)[O-]. The lowest BCUT2D eigenvalue weighted by atomic mass is 10.1. The number of hydrogen-bond donors (Lipinski definition) is 1. The molecule has 0 radical (unpaired) electrons. The minimum absolute atomic E-state index is 0.0130. The number of thioether (sulfide) groups is 2. The lowest BCUT2D eigenvalue weighted by molar-refractivity contribution is -0.385. The molecule has 0 unspecified atom stereocenters. The van der Waals surface area contributed by atoms with Gasteiger partial charge >= 0.3 is 5.97 Å². The van der Waals surface area contributed by atoms with Crippen LogP contribution in [-0.2, 0) is 4.79 Å². The number of hydrogen-bond acceptors (Lipinski definition) is 8. The van der Waals surface area contributed by atoms with Gasteiger partial charge in [0.2, 0.25) is 0 Å². The molecule has 166 valence electrons. The largest absolute Gasteiger partial charge is 0.493 e. The number of methoxy groups -OCH3 is 1. The first-order chi connectivity index (χ1) is 14.3. The summed E-state index contributed by atoms with van der Waals surface area (Å²) in [7, 11) is 1.33. The van der Waals surface area contributed by atoms with Crippen molar-refractivity contribution in [1.29, 1.82) is 0 Å². The smallest absolute Gasteiger partial charge is 0.341 e. The van der Waals surface area contributed by atoms with Crippen LogP contribution >= 0.6 is 23.5 Å². The van der Waals surface area contributed by atoms with Gasteiger partial charge in [0.25, 0.3) is 11.6 Å². The number of nitrogens with zero attached hydrogens (tertiary/aromatic N) is 2. The number of carboxylic acid groups (broad SMARTS) is 1. The Morgan fingerprint density at radius 2 is 1.97 bits per heavy atom. The molecule has 1 saturated heterocycles. The quantitative estimate of drug-likeness (QED) is 0.302. The van der Waals surface area contributed by atoms with Crippen molar-refractivity contribution in [3.8, 4) is 11.5 Å². The predicted molar refractivity (Wildman–Crippen MR) is 117 cm³/mol. The van der Waals surface area contributed by atoms with Gasteiger partial charge in [0.05, 0.1) is 28.7 Å². The fourth-order valence-corrected chi connectivity index (χ4v) is 6.23. The summed E-state index contributed by atoms with van der Waals surface area (Å²) in [5.74, 6) is 0.156. The number of carbonyl (C=O) groups is 2. The minimum atomic E-state index is -1.23. The molecule has 1 aromatic rings. The second-order valence-corrected chi connectivity index (χ2v) is 9.58. The zero-order valence-corrected chi connectivity index (χ0v) is 18.8. The molecule has 1 N–H and O–H groups in total. The number of nitro groups is 1. The Hall–Kier alpha value is -2.14. The van der Waals surface area contributed by atoms with E-state index < -0.39 is 29.1 Å². The molecular formula is C19H26N2O7S2. The molecule has 0 spiro atoms. The van der Waals surface area contributed by atoms with Crippen molar-refractivity contribution in [1.82, 2.24) is 4.90 Å². The summed E-state index contributed by atoms with van der Waals surface area (Å²) in [5.41, 5.74) is -0.525. The van der Waals surface area contributed by atoms with Crippen molar-refractivity contribution in [3.63, 3.8) is 0 Å². The van der Waals surface area contributed by atoms with Crippen LogP contribution < -0.4 is 9.47 Å². The molecule has 1 aliphatic heterocycles. The van der Waals surface area contributed by atoms with Crippen molar-refractivity contribution in [3.05, 3.63) is 27.8 Å². The van der Waals surface area contributed by atoms with Gasteiger partial charge in [0.15, 0.2) is 18.1 Å². The fourth-order valence-electron chi connectivity index (χ4n) is 3.36. The highest BCUT2D eigenvalue weighted by Gasteiger charge is 2.38. The van der Waals surface area contributed by atoms with E-state index in [1.54, 1.807) is 28.4 Å². The van der Waals surface area contributed by atoms with Crippen LogP contribution in [0.5, 0.6) is 11.5 Å². The monoisotopic (exact) mass is 458 g/mol. The number of carboxylic acids is 1. The Labute approximate surface area is 183 Å². The number of ether oxygens (including phenoxy) is 2. The van der Waals surface area contributed by atoms with Crippen molar-refractivity contribution >= 4 is 41.1 Å². The summed E-state index contributed by atoms with van der Waals surface area (Å²) >= 11 is 3.56. The molecule has 9 nitrogen and oxygen atoms in total. The number of rotatable bonds is 11. The first-order valence-electron chi connectivity index (χ1n) is 9.59. The Morgan fingerprint density at radius 3 is 2.50 bits per heavy atom. The Kier molecular flexibility index (Phi) is 9.09. The maximum atomic E-state index is 13.4. The lowest BCUT2D eigenvalue weighted by Gasteiger charge is -2.31. The normalized spacial score (nSPS) is 16.0. The second kappa shape index (κ2) is 11.3. The second-order valence-electron chi connectivity index (χ2n) is 6.45. The van der Waals surface area contributed by atoms with Gasteiger partial charge in [-0.05, 0) is 24.3 Å². The highest BCUT2D eigenvalue weighted by molar-refractivity contribution is 8.17. The average Bonchev–Trinajstić information content (AvgIpc) is 3.20. The number of benzene rings is 1. The molecule has 1 aliphatic rings. The first-order valence-corrected chi connectivity index (χ1v) is 11.7. The van der Waals surface area contributed by atoms with Crippen LogP contribution in [0.15, 0.2) is 12.1 Å². The highest BCUT2D eigenvalue weighted by atomic mass is 32.2. The summed E-state index contributed by atoms with van der Waals surface area (Å²) < 4.78 is 10.5. The molecule has 1 heterocycles. The third-order valence-corrected chi connectivity index (χ3v) is 7.36. The van der Waals surface area contributed by atoms with E-state index in [0.29, 0.717) is 6.54 Å². The number of nitro benzene ring substituents is 1. The number of aliphatic carboxylic acids is 1. The summed E-state index contributed by atoms with van der Waals surface area (Å²) in [6.45, 7) is 3.99. The molecule has 0 bridgehead atoms. The van der Waals surface area contributed by atoms with Gasteiger partial charge in [-0.25, -0.2) is 4.79 Å². The van der Waals surface area contributed by atoms with Crippen molar-refractivity contribution in [2.75, 3.05) is 31.8 Å². The maximum Gasteiger partial charge on any atom is 0.341 e. The van der Waals surface area contributed by atoms with E-state index in [0.717, 1.165) is 30.4 Å². The number of amides is 1. The highest BCUT2D eigenvalue weighted by Crippen LogP contribution is 2.39. The maximum absolute atomic E-state index is 13.4. The van der Waals surface area contributed by atoms with Gasteiger partial charge in [-0.1, -0.05) is 13.8 Å². The van der Waals surface area contributed by atoms with Crippen LogP contribution in [0.2, 0.25) is 0 Å². The summed E-state index contributed by atoms with van der Waals surface area (Å²) in [4.78, 5) is 36.9. The molecule has 1 amide bonds. The van der Waals surface area contributed by atoms with Crippen LogP contribution in [0, 0.1) is 10.1 Å². The number of likely N-dealkylation sites (tertiary alicyclic amines) is 1. The third-order valence-electron chi connectivity index (χ3n) is 4.60. The zero-order chi connectivity index (χ0) is 22.3. The third kappa shape index (κ3) is 5.72. The molecular weight excluding hydrogens is 432 g/mol. The van der Waals surface area contributed by atoms with E-state index in [-0.39, 0.29) is 27.7 Å². The van der Waals surface area contributed by atoms with Gasteiger partial charge in [-0.15, -0.1) is 23.5 Å². The average molecular weight is 459 g/mol. The molecule has 30 heavy (non-hydrogen) atoms. The van der Waals surface area contributed by atoms with Gasteiger partial charge in [-0.3, -0.25) is 14.9 Å². The molecule has 1 aromatic carbocycles. The Balaban J connectivity index is 2.41. The van der Waals surface area contributed by atoms with Gasteiger partial charge in [-0.2, -0.15) is 0 Å². The van der Waals surface area contributed by atoms with Gasteiger partial charge < -0.3 is 19.5 Å². The van der Waals surface area contributed by atoms with Crippen LogP contribution in [0.25, 0.3) is 0 Å².